The summed E-state index contributed by atoms with van der Waals surface area (Å²) in [4.78, 5) is 12.2. The maximum absolute atomic E-state index is 12.2. The minimum Gasteiger partial charge on any atom is -0.466 e. The molecule has 2 aromatic rings. The Balaban J connectivity index is 2.07. The van der Waals surface area contributed by atoms with Gasteiger partial charge < -0.3 is 14.8 Å². The van der Waals surface area contributed by atoms with E-state index in [1.807, 2.05) is 32.0 Å². The summed E-state index contributed by atoms with van der Waals surface area (Å²) >= 11 is 0. The van der Waals surface area contributed by atoms with Crippen LogP contribution in [-0.4, -0.2) is 17.6 Å². The van der Waals surface area contributed by atoms with Crippen molar-refractivity contribution >= 4 is 5.91 Å². The lowest BCUT2D eigenvalue weighted by molar-refractivity contribution is 0.0330. The second kappa shape index (κ2) is 5.51. The number of carbonyl (C=O) groups excluding carboxylic acids is 1. The van der Waals surface area contributed by atoms with Crippen molar-refractivity contribution in [1.82, 2.24) is 5.32 Å². The smallest absolute Gasteiger partial charge is 0.251 e. The van der Waals surface area contributed by atoms with Gasteiger partial charge in [-0.1, -0.05) is 17.7 Å². The van der Waals surface area contributed by atoms with Gasteiger partial charge in [-0.2, -0.15) is 0 Å². The van der Waals surface area contributed by atoms with Crippen LogP contribution in [-0.2, 0) is 5.60 Å². The first-order valence-corrected chi connectivity index (χ1v) is 6.52. The van der Waals surface area contributed by atoms with Crippen molar-refractivity contribution in [3.63, 3.8) is 0 Å². The number of amides is 1. The highest BCUT2D eigenvalue weighted by molar-refractivity contribution is 5.95. The number of furan rings is 1. The Morgan fingerprint density at radius 3 is 2.75 bits per heavy atom. The van der Waals surface area contributed by atoms with Crippen LogP contribution in [0.15, 0.2) is 41.0 Å². The van der Waals surface area contributed by atoms with E-state index in [-0.39, 0.29) is 12.5 Å². The van der Waals surface area contributed by atoms with Crippen LogP contribution in [0.4, 0.5) is 0 Å². The highest BCUT2D eigenvalue weighted by Gasteiger charge is 2.27. The summed E-state index contributed by atoms with van der Waals surface area (Å²) in [5, 5.41) is 13.0. The molecule has 4 heteroatoms. The largest absolute Gasteiger partial charge is 0.466 e. The lowest BCUT2D eigenvalue weighted by Gasteiger charge is -2.21. The van der Waals surface area contributed by atoms with Crippen molar-refractivity contribution in [2.24, 2.45) is 0 Å². The number of carbonyl (C=O) groups is 1. The van der Waals surface area contributed by atoms with Crippen LogP contribution in [0.2, 0.25) is 0 Å². The molecule has 0 aliphatic heterocycles. The van der Waals surface area contributed by atoms with Gasteiger partial charge in [0.2, 0.25) is 0 Å². The maximum atomic E-state index is 12.2. The van der Waals surface area contributed by atoms with Crippen LogP contribution in [0.5, 0.6) is 0 Å². The molecule has 20 heavy (non-hydrogen) atoms. The minimum absolute atomic E-state index is 0.0900. The quantitative estimate of drug-likeness (QED) is 0.899. The summed E-state index contributed by atoms with van der Waals surface area (Å²) in [6.07, 6.45) is 1.50. The Bertz CT molecular complexity index is 600. The number of aryl methyl sites for hydroxylation is 2. The first kappa shape index (κ1) is 14.3. The molecule has 4 nitrogen and oxygen atoms in total. The third-order valence-corrected chi connectivity index (χ3v) is 3.28. The molecular weight excluding hydrogens is 254 g/mol. The highest BCUT2D eigenvalue weighted by atomic mass is 16.4. The van der Waals surface area contributed by atoms with Crippen LogP contribution in [0, 0.1) is 13.8 Å². The van der Waals surface area contributed by atoms with Crippen LogP contribution >= 0.6 is 0 Å². The highest BCUT2D eigenvalue weighted by Crippen LogP contribution is 2.20. The molecule has 1 amide bonds. The van der Waals surface area contributed by atoms with E-state index in [0.29, 0.717) is 11.3 Å². The van der Waals surface area contributed by atoms with Crippen LogP contribution in [0.3, 0.4) is 0 Å². The molecule has 1 atom stereocenters. The van der Waals surface area contributed by atoms with Gasteiger partial charge in [0.25, 0.3) is 5.91 Å². The molecule has 0 spiro atoms. The summed E-state index contributed by atoms with van der Waals surface area (Å²) < 4.78 is 5.18. The molecule has 1 aromatic heterocycles. The zero-order valence-corrected chi connectivity index (χ0v) is 11.9. The molecule has 0 aliphatic carbocycles. The minimum atomic E-state index is -1.23. The van der Waals surface area contributed by atoms with Gasteiger partial charge in [0.15, 0.2) is 0 Å². The number of rotatable bonds is 4. The summed E-state index contributed by atoms with van der Waals surface area (Å²) in [7, 11) is 0. The standard InChI is InChI=1S/C16H19NO3/c1-11-6-7-12(2)13(9-11)15(18)17-10-16(3,19)14-5-4-8-20-14/h4-9,19H,10H2,1-3H3,(H,17,18)/t16-/m1/s1. The molecule has 0 fully saturated rings. The predicted molar refractivity (Wildman–Crippen MR) is 76.5 cm³/mol. The van der Waals surface area contributed by atoms with Gasteiger partial charge >= 0.3 is 0 Å². The molecular formula is C16H19NO3. The summed E-state index contributed by atoms with van der Waals surface area (Å²) in [5.74, 6) is 0.233. The monoisotopic (exact) mass is 273 g/mol. The van der Waals surface area contributed by atoms with Gasteiger partial charge in [-0.05, 0) is 44.5 Å². The van der Waals surface area contributed by atoms with Gasteiger partial charge in [0.05, 0.1) is 12.8 Å². The van der Waals surface area contributed by atoms with Crippen molar-refractivity contribution in [3.8, 4) is 0 Å². The third-order valence-electron chi connectivity index (χ3n) is 3.28. The van der Waals surface area contributed by atoms with Crippen molar-refractivity contribution in [2.45, 2.75) is 26.4 Å². The maximum Gasteiger partial charge on any atom is 0.251 e. The summed E-state index contributed by atoms with van der Waals surface area (Å²) in [6.45, 7) is 5.52. The summed E-state index contributed by atoms with van der Waals surface area (Å²) in [6, 6.07) is 9.10. The predicted octanol–water partition coefficient (Wildman–Crippen LogP) is 2.53. The second-order valence-electron chi connectivity index (χ2n) is 5.25. The molecule has 2 N–H and O–H groups in total. The Morgan fingerprint density at radius 2 is 2.10 bits per heavy atom. The van der Waals surface area contributed by atoms with Gasteiger partial charge in [0, 0.05) is 5.56 Å². The molecule has 0 radical (unpaired) electrons. The van der Waals surface area contributed by atoms with Crippen molar-refractivity contribution < 1.29 is 14.3 Å². The van der Waals surface area contributed by atoms with Gasteiger partial charge in [-0.3, -0.25) is 4.79 Å². The Morgan fingerprint density at radius 1 is 1.35 bits per heavy atom. The SMILES string of the molecule is Cc1ccc(C)c(C(=O)NC[C@@](C)(O)c2ccco2)c1. The average Bonchev–Trinajstić information content (AvgIpc) is 2.93. The van der Waals surface area contributed by atoms with Crippen LogP contribution in [0.25, 0.3) is 0 Å². The van der Waals surface area contributed by atoms with Crippen LogP contribution in [0.1, 0.15) is 34.2 Å². The van der Waals surface area contributed by atoms with Crippen LogP contribution < -0.4 is 5.32 Å². The number of benzene rings is 1. The topological polar surface area (TPSA) is 62.5 Å². The number of aliphatic hydroxyl groups is 1. The Hall–Kier alpha value is -2.07. The van der Waals surface area contributed by atoms with Gasteiger partial charge in [-0.15, -0.1) is 0 Å². The zero-order chi connectivity index (χ0) is 14.8. The Kier molecular flexibility index (Phi) is 3.95. The molecule has 0 saturated heterocycles. The zero-order valence-electron chi connectivity index (χ0n) is 11.9. The van der Waals surface area contributed by atoms with Crippen molar-refractivity contribution in [3.05, 3.63) is 59.0 Å². The molecule has 2 rings (SSSR count). The molecule has 1 aromatic carbocycles. The number of nitrogens with one attached hydrogen (secondary N) is 1. The van der Waals surface area contributed by atoms with Crippen molar-refractivity contribution in [1.29, 1.82) is 0 Å². The van der Waals surface area contributed by atoms with Gasteiger partial charge in [-0.25, -0.2) is 0 Å². The molecule has 0 saturated carbocycles. The lowest BCUT2D eigenvalue weighted by atomic mass is 10.0. The Labute approximate surface area is 118 Å². The fourth-order valence-corrected chi connectivity index (χ4v) is 2.00. The van der Waals surface area contributed by atoms with E-state index in [2.05, 4.69) is 5.32 Å². The summed E-state index contributed by atoms with van der Waals surface area (Å²) in [5.41, 5.74) is 1.33. The van der Waals surface area contributed by atoms with E-state index in [1.165, 1.54) is 6.26 Å². The number of hydrogen-bond donors (Lipinski definition) is 2. The molecule has 0 aliphatic rings. The lowest BCUT2D eigenvalue weighted by Crippen LogP contribution is -2.38. The molecule has 1 heterocycles. The van der Waals surface area contributed by atoms with E-state index < -0.39 is 5.60 Å². The van der Waals surface area contributed by atoms with E-state index in [9.17, 15) is 9.90 Å². The second-order valence-corrected chi connectivity index (χ2v) is 5.25. The van der Waals surface area contributed by atoms with E-state index in [0.717, 1.165) is 11.1 Å². The normalized spacial score (nSPS) is 13.8. The molecule has 0 bridgehead atoms. The fourth-order valence-electron chi connectivity index (χ4n) is 2.00. The average molecular weight is 273 g/mol. The first-order chi connectivity index (χ1) is 9.40. The molecule has 106 valence electrons. The van der Waals surface area contributed by atoms with E-state index in [1.54, 1.807) is 19.1 Å². The fraction of sp³-hybridized carbons (Fsp3) is 0.312. The van der Waals surface area contributed by atoms with E-state index >= 15 is 0 Å². The van der Waals surface area contributed by atoms with Crippen molar-refractivity contribution in [2.75, 3.05) is 6.54 Å². The first-order valence-electron chi connectivity index (χ1n) is 6.52. The third kappa shape index (κ3) is 3.08. The molecule has 0 unspecified atom stereocenters. The number of hydrogen-bond acceptors (Lipinski definition) is 3. The van der Waals surface area contributed by atoms with Gasteiger partial charge in [0.1, 0.15) is 11.4 Å². The van der Waals surface area contributed by atoms with E-state index in [4.69, 9.17) is 4.42 Å².